The normalized spacial score (nSPS) is 12.1. The van der Waals surface area contributed by atoms with Crippen LogP contribution >= 0.6 is 23.1 Å². The van der Waals surface area contributed by atoms with Gasteiger partial charge < -0.3 is 0 Å². The van der Waals surface area contributed by atoms with Gasteiger partial charge in [-0.05, 0) is 35.2 Å². The highest BCUT2D eigenvalue weighted by Crippen LogP contribution is 2.33. The van der Waals surface area contributed by atoms with Crippen molar-refractivity contribution in [1.82, 2.24) is 25.6 Å². The highest BCUT2D eigenvalue weighted by atomic mass is 32.2. The molecule has 0 fully saturated rings. The Bertz CT molecular complexity index is 825. The van der Waals surface area contributed by atoms with Crippen LogP contribution in [0, 0.1) is 0 Å². The fourth-order valence-electron chi connectivity index (χ4n) is 1.43. The first-order valence-corrected chi connectivity index (χ1v) is 8.57. The predicted molar refractivity (Wildman–Crippen MR) is 71.0 cm³/mol. The maximum atomic E-state index is 11.5. The third kappa shape index (κ3) is 2.60. The van der Waals surface area contributed by atoms with E-state index in [4.69, 9.17) is 0 Å². The van der Waals surface area contributed by atoms with E-state index in [1.165, 1.54) is 29.4 Å². The number of nitrogens with zero attached hydrogens (tertiary/aromatic N) is 4. The van der Waals surface area contributed by atoms with Gasteiger partial charge in [0.05, 0.1) is 15.1 Å². The van der Waals surface area contributed by atoms with Gasteiger partial charge in [0.2, 0.25) is 5.16 Å². The Morgan fingerprint density at radius 3 is 2.89 bits per heavy atom. The SMILES string of the molecule is CS(=O)(=O)c1ccc2nc(Sc3nn[nH]n3)sc2c1. The summed E-state index contributed by atoms with van der Waals surface area (Å²) in [5.41, 5.74) is 0.753. The van der Waals surface area contributed by atoms with Crippen LogP contribution in [0.1, 0.15) is 0 Å². The molecular weight excluding hydrogens is 306 g/mol. The van der Waals surface area contributed by atoms with E-state index in [0.29, 0.717) is 10.1 Å². The van der Waals surface area contributed by atoms with Gasteiger partial charge in [0, 0.05) is 6.26 Å². The number of aromatic nitrogens is 5. The van der Waals surface area contributed by atoms with Crippen LogP contribution in [0.3, 0.4) is 0 Å². The van der Waals surface area contributed by atoms with Crippen molar-refractivity contribution in [3.8, 4) is 0 Å². The molecule has 0 saturated carbocycles. The molecule has 2 aromatic heterocycles. The van der Waals surface area contributed by atoms with Crippen molar-refractivity contribution in [2.24, 2.45) is 0 Å². The summed E-state index contributed by atoms with van der Waals surface area (Å²) in [7, 11) is -3.20. The first-order valence-electron chi connectivity index (χ1n) is 5.04. The van der Waals surface area contributed by atoms with Crippen LogP contribution in [0.15, 0.2) is 32.6 Å². The Hall–Kier alpha value is -1.52. The lowest BCUT2D eigenvalue weighted by Gasteiger charge is -1.96. The standard InChI is InChI=1S/C9H7N5O2S3/c1-19(15,16)5-2-3-6-7(4-5)17-9(10-6)18-8-11-13-14-12-8/h2-4H,1H3,(H,11,12,13,14). The van der Waals surface area contributed by atoms with Crippen molar-refractivity contribution < 1.29 is 8.42 Å². The van der Waals surface area contributed by atoms with Gasteiger partial charge in [0.1, 0.15) is 0 Å². The fraction of sp³-hybridized carbons (Fsp3) is 0.111. The van der Waals surface area contributed by atoms with E-state index < -0.39 is 9.84 Å². The van der Waals surface area contributed by atoms with Crippen LogP contribution in [0.4, 0.5) is 0 Å². The predicted octanol–water partition coefficient (Wildman–Crippen LogP) is 1.36. The number of fused-ring (bicyclic) bond motifs is 1. The molecule has 3 rings (SSSR count). The number of H-pyrrole nitrogens is 1. The molecule has 0 aliphatic carbocycles. The molecule has 0 unspecified atom stereocenters. The summed E-state index contributed by atoms with van der Waals surface area (Å²) in [6, 6.07) is 4.88. The van der Waals surface area contributed by atoms with E-state index in [0.717, 1.165) is 14.6 Å². The van der Waals surface area contributed by atoms with E-state index in [1.807, 2.05) is 0 Å². The molecule has 19 heavy (non-hydrogen) atoms. The number of nitrogens with one attached hydrogen (secondary N) is 1. The van der Waals surface area contributed by atoms with Gasteiger partial charge in [0.25, 0.3) is 0 Å². The highest BCUT2D eigenvalue weighted by Gasteiger charge is 2.12. The lowest BCUT2D eigenvalue weighted by Crippen LogP contribution is -1.95. The van der Waals surface area contributed by atoms with Crippen LogP contribution in [-0.2, 0) is 9.84 Å². The second kappa shape index (κ2) is 4.54. The molecule has 0 amide bonds. The van der Waals surface area contributed by atoms with Gasteiger partial charge >= 0.3 is 0 Å². The number of benzene rings is 1. The lowest BCUT2D eigenvalue weighted by atomic mass is 10.3. The molecule has 0 atom stereocenters. The summed E-state index contributed by atoms with van der Waals surface area (Å²) in [4.78, 5) is 4.67. The molecule has 0 radical (unpaired) electrons. The van der Waals surface area contributed by atoms with Crippen molar-refractivity contribution >= 4 is 43.2 Å². The molecule has 7 nitrogen and oxygen atoms in total. The van der Waals surface area contributed by atoms with E-state index in [-0.39, 0.29) is 0 Å². The number of thiazole rings is 1. The number of aromatic amines is 1. The van der Waals surface area contributed by atoms with E-state index in [9.17, 15) is 8.42 Å². The third-order valence-corrected chi connectivity index (χ3v) is 5.32. The minimum Gasteiger partial charge on any atom is -0.229 e. The summed E-state index contributed by atoms with van der Waals surface area (Å²) in [6.07, 6.45) is 1.18. The number of sulfone groups is 1. The number of hydrogen-bond acceptors (Lipinski definition) is 8. The van der Waals surface area contributed by atoms with Crippen molar-refractivity contribution in [3.05, 3.63) is 18.2 Å². The molecule has 1 aromatic carbocycles. The number of tetrazole rings is 1. The zero-order valence-electron chi connectivity index (χ0n) is 9.56. The minimum atomic E-state index is -3.20. The second-order valence-corrected chi connectivity index (χ2v) is 7.94. The Kier molecular flexibility index (Phi) is 2.99. The van der Waals surface area contributed by atoms with Crippen LogP contribution in [0.2, 0.25) is 0 Å². The Labute approximate surface area is 116 Å². The first-order chi connectivity index (χ1) is 9.02. The smallest absolute Gasteiger partial charge is 0.229 e. The molecule has 2 heterocycles. The monoisotopic (exact) mass is 313 g/mol. The average Bonchev–Trinajstić information content (AvgIpc) is 2.95. The van der Waals surface area contributed by atoms with Crippen molar-refractivity contribution in [2.45, 2.75) is 14.4 Å². The zero-order valence-corrected chi connectivity index (χ0v) is 12.0. The maximum Gasteiger partial charge on any atom is 0.237 e. The van der Waals surface area contributed by atoms with E-state index in [2.05, 4.69) is 25.6 Å². The zero-order chi connectivity index (χ0) is 13.5. The average molecular weight is 313 g/mol. The maximum absolute atomic E-state index is 11.5. The van der Waals surface area contributed by atoms with Crippen LogP contribution < -0.4 is 0 Å². The summed E-state index contributed by atoms with van der Waals surface area (Å²) < 4.78 is 24.5. The number of rotatable bonds is 3. The van der Waals surface area contributed by atoms with E-state index >= 15 is 0 Å². The minimum absolute atomic E-state index is 0.291. The van der Waals surface area contributed by atoms with Crippen molar-refractivity contribution in [2.75, 3.05) is 6.26 Å². The lowest BCUT2D eigenvalue weighted by molar-refractivity contribution is 0.602. The summed E-state index contributed by atoms with van der Waals surface area (Å²) in [5, 5.41) is 13.9. The topological polar surface area (TPSA) is 101 Å². The third-order valence-electron chi connectivity index (χ3n) is 2.27. The van der Waals surface area contributed by atoms with Gasteiger partial charge in [-0.25, -0.2) is 13.4 Å². The van der Waals surface area contributed by atoms with Gasteiger partial charge in [-0.3, -0.25) is 0 Å². The molecule has 1 N–H and O–H groups in total. The summed E-state index contributed by atoms with van der Waals surface area (Å²) in [6.45, 7) is 0. The van der Waals surface area contributed by atoms with Crippen LogP contribution in [0.25, 0.3) is 10.2 Å². The summed E-state index contributed by atoms with van der Waals surface area (Å²) in [5.74, 6) is 0. The van der Waals surface area contributed by atoms with Crippen molar-refractivity contribution in [3.63, 3.8) is 0 Å². The molecule has 0 saturated heterocycles. The van der Waals surface area contributed by atoms with Gasteiger partial charge in [-0.2, -0.15) is 5.21 Å². The second-order valence-electron chi connectivity index (χ2n) is 3.68. The molecule has 0 bridgehead atoms. The molecule has 3 aromatic rings. The highest BCUT2D eigenvalue weighted by molar-refractivity contribution is 8.01. The van der Waals surface area contributed by atoms with Gasteiger partial charge in [-0.15, -0.1) is 21.5 Å². The van der Waals surface area contributed by atoms with Gasteiger partial charge in [-0.1, -0.05) is 0 Å². The molecule has 0 spiro atoms. The Morgan fingerprint density at radius 2 is 2.21 bits per heavy atom. The summed E-state index contributed by atoms with van der Waals surface area (Å²) >= 11 is 2.67. The fourth-order valence-corrected chi connectivity index (χ4v) is 4.02. The Balaban J connectivity index is 2.01. The van der Waals surface area contributed by atoms with Crippen LogP contribution in [-0.4, -0.2) is 40.3 Å². The number of hydrogen-bond donors (Lipinski definition) is 1. The molecular formula is C9H7N5O2S3. The van der Waals surface area contributed by atoms with Crippen molar-refractivity contribution in [1.29, 1.82) is 0 Å². The first kappa shape index (κ1) is 12.5. The molecule has 10 heteroatoms. The largest absolute Gasteiger partial charge is 0.237 e. The van der Waals surface area contributed by atoms with E-state index in [1.54, 1.807) is 18.2 Å². The quantitative estimate of drug-likeness (QED) is 0.779. The molecule has 98 valence electrons. The molecule has 0 aliphatic rings. The van der Waals surface area contributed by atoms with Gasteiger partial charge in [0.15, 0.2) is 14.2 Å². The van der Waals surface area contributed by atoms with Crippen LogP contribution in [0.5, 0.6) is 0 Å². The Morgan fingerprint density at radius 1 is 1.37 bits per heavy atom. The molecule has 0 aliphatic heterocycles.